The van der Waals surface area contributed by atoms with Crippen molar-refractivity contribution in [3.63, 3.8) is 0 Å². The van der Waals surface area contributed by atoms with Gasteiger partial charge >= 0.3 is 0 Å². The smallest absolute Gasteiger partial charge is 0.0720 e. The van der Waals surface area contributed by atoms with Gasteiger partial charge < -0.3 is 4.74 Å². The first kappa shape index (κ1) is 17.5. The van der Waals surface area contributed by atoms with Crippen molar-refractivity contribution in [1.29, 1.82) is 0 Å². The van der Waals surface area contributed by atoms with Crippen LogP contribution in [0, 0.1) is 0 Å². The molecule has 0 aliphatic carbocycles. The fourth-order valence-electron chi connectivity index (χ4n) is 2.61. The molecular weight excluding hydrogens is 282 g/mol. The van der Waals surface area contributed by atoms with Crippen LogP contribution in [0.1, 0.15) is 18.4 Å². The number of hydrogen-bond donors (Lipinski definition) is 0. The van der Waals surface area contributed by atoms with Gasteiger partial charge in [-0.1, -0.05) is 72.8 Å². The van der Waals surface area contributed by atoms with Crippen LogP contribution in [0.15, 0.2) is 79.4 Å². The van der Waals surface area contributed by atoms with Crippen LogP contribution in [0.2, 0.25) is 0 Å². The van der Waals surface area contributed by atoms with Gasteiger partial charge in [0.05, 0.1) is 12.7 Å². The highest BCUT2D eigenvalue weighted by Gasteiger charge is 2.18. The van der Waals surface area contributed by atoms with Crippen molar-refractivity contribution >= 4 is 0 Å². The van der Waals surface area contributed by atoms with Crippen LogP contribution in [-0.2, 0) is 11.3 Å². The summed E-state index contributed by atoms with van der Waals surface area (Å²) >= 11 is 0. The first-order valence-corrected chi connectivity index (χ1v) is 8.37. The van der Waals surface area contributed by atoms with E-state index >= 15 is 0 Å². The van der Waals surface area contributed by atoms with Crippen molar-refractivity contribution < 1.29 is 4.74 Å². The summed E-state index contributed by atoms with van der Waals surface area (Å²) < 4.78 is 5.94. The minimum atomic E-state index is 0.427. The fraction of sp³-hybridized carbons (Fsp3) is 0.333. The van der Waals surface area contributed by atoms with Crippen molar-refractivity contribution in [2.45, 2.75) is 25.6 Å². The molecule has 0 saturated carbocycles. The standard InChI is InChI=1S/C15H21NO.C6H6/c1-2-10-16-11-8-15(9-12-16)17-13-14-6-4-3-5-7-14;1-2-4-6-5-3-1/h2-7,15H,1,8-13H2;1-6H. The maximum atomic E-state index is 5.94. The van der Waals surface area contributed by atoms with Crippen molar-refractivity contribution in [3.05, 3.63) is 84.9 Å². The monoisotopic (exact) mass is 309 g/mol. The summed E-state index contributed by atoms with van der Waals surface area (Å²) in [7, 11) is 0. The molecule has 2 nitrogen and oxygen atoms in total. The number of likely N-dealkylation sites (tertiary alicyclic amines) is 1. The third-order valence-corrected chi connectivity index (χ3v) is 3.92. The Balaban J connectivity index is 0.000000268. The summed E-state index contributed by atoms with van der Waals surface area (Å²) in [5, 5.41) is 0. The second kappa shape index (κ2) is 10.8. The van der Waals surface area contributed by atoms with Crippen LogP contribution in [0.3, 0.4) is 0 Å². The Morgan fingerprint density at radius 2 is 1.43 bits per heavy atom. The van der Waals surface area contributed by atoms with Gasteiger partial charge in [-0.3, -0.25) is 4.90 Å². The van der Waals surface area contributed by atoms with E-state index in [1.54, 1.807) is 0 Å². The lowest BCUT2D eigenvalue weighted by atomic mass is 10.1. The Hall–Kier alpha value is -1.90. The lowest BCUT2D eigenvalue weighted by Crippen LogP contribution is -2.36. The van der Waals surface area contributed by atoms with Gasteiger partial charge in [0, 0.05) is 19.6 Å². The van der Waals surface area contributed by atoms with Gasteiger partial charge in [0.15, 0.2) is 0 Å². The summed E-state index contributed by atoms with van der Waals surface area (Å²) in [4.78, 5) is 2.43. The third-order valence-electron chi connectivity index (χ3n) is 3.92. The molecule has 0 bridgehead atoms. The van der Waals surface area contributed by atoms with E-state index in [2.05, 4.69) is 35.7 Å². The van der Waals surface area contributed by atoms with Crippen LogP contribution in [0.5, 0.6) is 0 Å². The molecule has 1 fully saturated rings. The van der Waals surface area contributed by atoms with Crippen LogP contribution < -0.4 is 0 Å². The molecule has 23 heavy (non-hydrogen) atoms. The summed E-state index contributed by atoms with van der Waals surface area (Å²) in [6.45, 7) is 7.79. The molecule has 0 atom stereocenters. The van der Waals surface area contributed by atoms with Crippen LogP contribution in [0.4, 0.5) is 0 Å². The highest BCUT2D eigenvalue weighted by Crippen LogP contribution is 2.15. The third kappa shape index (κ3) is 7.27. The van der Waals surface area contributed by atoms with E-state index in [4.69, 9.17) is 4.74 Å². The Bertz CT molecular complexity index is 491. The van der Waals surface area contributed by atoms with Gasteiger partial charge in [-0.05, 0) is 18.4 Å². The van der Waals surface area contributed by atoms with Gasteiger partial charge in [0.1, 0.15) is 0 Å². The first-order chi connectivity index (χ1) is 11.4. The normalized spacial score (nSPS) is 15.5. The Kier molecular flexibility index (Phi) is 8.17. The average molecular weight is 309 g/mol. The molecule has 0 aromatic heterocycles. The minimum absolute atomic E-state index is 0.427. The van der Waals surface area contributed by atoms with Gasteiger partial charge in [0.2, 0.25) is 0 Å². The van der Waals surface area contributed by atoms with E-state index in [9.17, 15) is 0 Å². The predicted molar refractivity (Wildman–Crippen MR) is 97.3 cm³/mol. The van der Waals surface area contributed by atoms with E-state index in [0.717, 1.165) is 39.1 Å². The van der Waals surface area contributed by atoms with Gasteiger partial charge in [-0.15, -0.1) is 6.58 Å². The molecule has 0 spiro atoms. The minimum Gasteiger partial charge on any atom is -0.373 e. The molecule has 2 aromatic rings. The number of nitrogens with zero attached hydrogens (tertiary/aromatic N) is 1. The number of benzene rings is 2. The first-order valence-electron chi connectivity index (χ1n) is 8.37. The molecule has 2 heteroatoms. The van der Waals surface area contributed by atoms with E-state index in [-0.39, 0.29) is 0 Å². The zero-order valence-corrected chi connectivity index (χ0v) is 13.8. The van der Waals surface area contributed by atoms with Crippen molar-refractivity contribution in [2.75, 3.05) is 19.6 Å². The molecule has 2 aromatic carbocycles. The van der Waals surface area contributed by atoms with Crippen molar-refractivity contribution in [3.8, 4) is 0 Å². The Labute approximate surface area is 140 Å². The van der Waals surface area contributed by atoms with Crippen molar-refractivity contribution in [1.82, 2.24) is 4.90 Å². The number of piperidine rings is 1. The summed E-state index contributed by atoms with van der Waals surface area (Å²) in [6.07, 6.45) is 4.68. The molecule has 1 aliphatic heterocycles. The van der Waals surface area contributed by atoms with Crippen LogP contribution in [-0.4, -0.2) is 30.6 Å². The molecular formula is C21H27NO. The second-order valence-corrected chi connectivity index (χ2v) is 5.74. The SMILES string of the molecule is C=CCN1CCC(OCc2ccccc2)CC1.c1ccccc1. The Morgan fingerprint density at radius 3 is 1.96 bits per heavy atom. The van der Waals surface area contributed by atoms with E-state index in [0.29, 0.717) is 6.10 Å². The maximum Gasteiger partial charge on any atom is 0.0720 e. The molecule has 0 radical (unpaired) electrons. The second-order valence-electron chi connectivity index (χ2n) is 5.74. The topological polar surface area (TPSA) is 12.5 Å². The highest BCUT2D eigenvalue weighted by atomic mass is 16.5. The molecule has 0 unspecified atom stereocenters. The highest BCUT2D eigenvalue weighted by molar-refractivity contribution is 5.13. The zero-order chi connectivity index (χ0) is 16.2. The number of rotatable bonds is 5. The fourth-order valence-corrected chi connectivity index (χ4v) is 2.61. The quantitative estimate of drug-likeness (QED) is 0.752. The summed E-state index contributed by atoms with van der Waals surface area (Å²) in [5.74, 6) is 0. The molecule has 0 N–H and O–H groups in total. The van der Waals surface area contributed by atoms with Crippen LogP contribution >= 0.6 is 0 Å². The summed E-state index contributed by atoms with van der Waals surface area (Å²) in [5.41, 5.74) is 1.26. The maximum absolute atomic E-state index is 5.94. The lowest BCUT2D eigenvalue weighted by molar-refractivity contribution is -0.000352. The van der Waals surface area contributed by atoms with E-state index < -0.39 is 0 Å². The average Bonchev–Trinajstić information content (AvgIpc) is 2.64. The lowest BCUT2D eigenvalue weighted by Gasteiger charge is -2.31. The number of ether oxygens (including phenoxy) is 1. The Morgan fingerprint density at radius 1 is 0.913 bits per heavy atom. The molecule has 1 saturated heterocycles. The summed E-state index contributed by atoms with van der Waals surface area (Å²) in [6, 6.07) is 22.4. The van der Waals surface area contributed by atoms with Gasteiger partial charge in [-0.2, -0.15) is 0 Å². The molecule has 1 aliphatic rings. The zero-order valence-electron chi connectivity index (χ0n) is 13.8. The van der Waals surface area contributed by atoms with E-state index in [1.165, 1.54) is 5.56 Å². The predicted octanol–water partition coefficient (Wildman–Crippen LogP) is 4.54. The molecule has 122 valence electrons. The van der Waals surface area contributed by atoms with E-state index in [1.807, 2.05) is 48.5 Å². The molecule has 0 amide bonds. The molecule has 1 heterocycles. The largest absolute Gasteiger partial charge is 0.373 e. The van der Waals surface area contributed by atoms with Crippen molar-refractivity contribution in [2.24, 2.45) is 0 Å². The van der Waals surface area contributed by atoms with Crippen LogP contribution in [0.25, 0.3) is 0 Å². The number of hydrogen-bond acceptors (Lipinski definition) is 2. The van der Waals surface area contributed by atoms with Gasteiger partial charge in [0.25, 0.3) is 0 Å². The molecule has 3 rings (SSSR count). The van der Waals surface area contributed by atoms with Gasteiger partial charge in [-0.25, -0.2) is 0 Å².